The van der Waals surface area contributed by atoms with E-state index in [2.05, 4.69) is 44.0 Å². The van der Waals surface area contributed by atoms with Gasteiger partial charge in [-0.2, -0.15) is 0 Å². The van der Waals surface area contributed by atoms with Crippen molar-refractivity contribution >= 4 is 6.29 Å². The molecule has 0 aliphatic heterocycles. The Kier molecular flexibility index (Phi) is 3.14. The third-order valence-corrected chi connectivity index (χ3v) is 2.94. The van der Waals surface area contributed by atoms with Crippen LogP contribution in [0, 0.1) is 6.92 Å². The first-order valence-electron chi connectivity index (χ1n) is 5.87. The van der Waals surface area contributed by atoms with Crippen molar-refractivity contribution in [1.29, 1.82) is 0 Å². The van der Waals surface area contributed by atoms with Crippen LogP contribution in [-0.4, -0.2) is 11.3 Å². The smallest absolute Gasteiger partial charge is 0.166 e. The molecule has 2 aromatic rings. The van der Waals surface area contributed by atoms with Gasteiger partial charge in [-0.25, -0.2) is 0 Å². The summed E-state index contributed by atoms with van der Waals surface area (Å²) in [7, 11) is 0. The van der Waals surface area contributed by atoms with Crippen LogP contribution >= 0.6 is 0 Å². The van der Waals surface area contributed by atoms with E-state index in [-0.39, 0.29) is 0 Å². The topological polar surface area (TPSA) is 32.9 Å². The van der Waals surface area contributed by atoms with Crippen molar-refractivity contribution < 1.29 is 4.79 Å². The molecule has 0 radical (unpaired) electrons. The van der Waals surface area contributed by atoms with Crippen molar-refractivity contribution in [3.63, 3.8) is 0 Å². The van der Waals surface area contributed by atoms with Gasteiger partial charge in [-0.3, -0.25) is 4.79 Å². The number of rotatable bonds is 3. The molecule has 2 heteroatoms. The third-order valence-electron chi connectivity index (χ3n) is 2.94. The predicted molar refractivity (Wildman–Crippen MR) is 70.4 cm³/mol. The van der Waals surface area contributed by atoms with Gasteiger partial charge in [0.15, 0.2) is 6.29 Å². The minimum absolute atomic E-state index is 0.396. The van der Waals surface area contributed by atoms with Crippen molar-refractivity contribution in [2.45, 2.75) is 26.7 Å². The summed E-state index contributed by atoms with van der Waals surface area (Å²) in [5.41, 5.74) is 5.05. The number of carbonyl (C=O) groups is 1. The van der Waals surface area contributed by atoms with Crippen LogP contribution in [0.2, 0.25) is 0 Å². The molecule has 0 unspecified atom stereocenters. The number of aromatic amines is 1. The summed E-state index contributed by atoms with van der Waals surface area (Å²) >= 11 is 0. The van der Waals surface area contributed by atoms with Gasteiger partial charge in [-0.15, -0.1) is 0 Å². The van der Waals surface area contributed by atoms with E-state index in [0.29, 0.717) is 11.6 Å². The minimum atomic E-state index is 0.396. The Balaban J connectivity index is 2.54. The Morgan fingerprint density at radius 1 is 1.24 bits per heavy atom. The van der Waals surface area contributed by atoms with Crippen LogP contribution in [0.25, 0.3) is 11.1 Å². The van der Waals surface area contributed by atoms with Gasteiger partial charge in [-0.1, -0.05) is 43.7 Å². The Hall–Kier alpha value is -1.83. The number of aryl methyl sites for hydroxylation is 1. The second-order valence-electron chi connectivity index (χ2n) is 4.69. The first-order chi connectivity index (χ1) is 8.11. The fourth-order valence-electron chi connectivity index (χ4n) is 1.95. The molecule has 88 valence electrons. The zero-order valence-electron chi connectivity index (χ0n) is 10.4. The highest BCUT2D eigenvalue weighted by molar-refractivity contribution is 5.86. The molecule has 0 amide bonds. The first-order valence-corrected chi connectivity index (χ1v) is 5.87. The minimum Gasteiger partial charge on any atom is -0.356 e. The molecule has 0 saturated heterocycles. The number of benzene rings is 1. The molecule has 1 aromatic carbocycles. The maximum Gasteiger partial charge on any atom is 0.166 e. The van der Waals surface area contributed by atoms with E-state index in [0.717, 1.165) is 23.1 Å². The molecule has 0 saturated carbocycles. The zero-order valence-corrected chi connectivity index (χ0v) is 10.4. The lowest BCUT2D eigenvalue weighted by Crippen LogP contribution is -1.88. The lowest BCUT2D eigenvalue weighted by atomic mass is 10.0. The van der Waals surface area contributed by atoms with E-state index < -0.39 is 0 Å². The monoisotopic (exact) mass is 227 g/mol. The van der Waals surface area contributed by atoms with Crippen LogP contribution in [0.4, 0.5) is 0 Å². The van der Waals surface area contributed by atoms with Crippen LogP contribution in [-0.2, 0) is 0 Å². The third kappa shape index (κ3) is 2.31. The van der Waals surface area contributed by atoms with Gasteiger partial charge < -0.3 is 4.98 Å². The number of hydrogen-bond donors (Lipinski definition) is 1. The molecule has 0 spiro atoms. The van der Waals surface area contributed by atoms with Crippen LogP contribution in [0.1, 0.15) is 41.5 Å². The Bertz CT molecular complexity index is 538. The fourth-order valence-corrected chi connectivity index (χ4v) is 1.95. The Morgan fingerprint density at radius 2 is 2.00 bits per heavy atom. The molecule has 0 bridgehead atoms. The average molecular weight is 227 g/mol. The summed E-state index contributed by atoms with van der Waals surface area (Å²) < 4.78 is 0. The maximum absolute atomic E-state index is 11.1. The number of nitrogens with one attached hydrogen (secondary N) is 1. The highest BCUT2D eigenvalue weighted by atomic mass is 16.1. The van der Waals surface area contributed by atoms with Gasteiger partial charge in [0.05, 0.1) is 5.69 Å². The van der Waals surface area contributed by atoms with Gasteiger partial charge in [-0.05, 0) is 24.5 Å². The number of aldehydes is 1. The number of aromatic nitrogens is 1. The van der Waals surface area contributed by atoms with E-state index in [1.807, 2.05) is 12.1 Å². The Labute approximate surface area is 102 Å². The number of carbonyl (C=O) groups excluding carboxylic acids is 1. The quantitative estimate of drug-likeness (QED) is 0.792. The highest BCUT2D eigenvalue weighted by Gasteiger charge is 2.11. The fraction of sp³-hybridized carbons (Fsp3) is 0.267. The first kappa shape index (κ1) is 11.6. The second-order valence-corrected chi connectivity index (χ2v) is 4.69. The van der Waals surface area contributed by atoms with E-state index in [1.54, 1.807) is 0 Å². The molecule has 0 aliphatic rings. The largest absolute Gasteiger partial charge is 0.356 e. The zero-order chi connectivity index (χ0) is 12.4. The molecule has 2 rings (SSSR count). The van der Waals surface area contributed by atoms with E-state index in [1.165, 1.54) is 5.56 Å². The van der Waals surface area contributed by atoms with Crippen molar-refractivity contribution in [3.8, 4) is 11.1 Å². The van der Waals surface area contributed by atoms with Crippen molar-refractivity contribution in [2.24, 2.45) is 0 Å². The Morgan fingerprint density at radius 3 is 2.59 bits per heavy atom. The van der Waals surface area contributed by atoms with Gasteiger partial charge in [0.25, 0.3) is 0 Å². The predicted octanol–water partition coefficient (Wildman–Crippen LogP) is 3.93. The molecule has 0 atom stereocenters. The van der Waals surface area contributed by atoms with Gasteiger partial charge >= 0.3 is 0 Å². The maximum atomic E-state index is 11.1. The van der Waals surface area contributed by atoms with E-state index in [9.17, 15) is 4.79 Å². The highest BCUT2D eigenvalue weighted by Crippen LogP contribution is 2.27. The molecule has 1 heterocycles. The standard InChI is InChI=1S/C15H17NO/c1-10(2)14-8-13(15(9-17)16-14)12-6-4-5-11(3)7-12/h4-10,16H,1-3H3. The summed E-state index contributed by atoms with van der Waals surface area (Å²) in [5, 5.41) is 0. The number of H-pyrrole nitrogens is 1. The molecular formula is C15H17NO. The van der Waals surface area contributed by atoms with E-state index in [4.69, 9.17) is 0 Å². The summed E-state index contributed by atoms with van der Waals surface area (Å²) in [6.07, 6.45) is 0.892. The lowest BCUT2D eigenvalue weighted by molar-refractivity contribution is 0.112. The van der Waals surface area contributed by atoms with Crippen molar-refractivity contribution in [2.75, 3.05) is 0 Å². The summed E-state index contributed by atoms with van der Waals surface area (Å²) in [5.74, 6) is 0.396. The van der Waals surface area contributed by atoms with Crippen LogP contribution in [0.3, 0.4) is 0 Å². The molecule has 2 nitrogen and oxygen atoms in total. The lowest BCUT2D eigenvalue weighted by Gasteiger charge is -2.00. The molecule has 1 aromatic heterocycles. The average Bonchev–Trinajstić information content (AvgIpc) is 2.73. The van der Waals surface area contributed by atoms with Gasteiger partial charge in [0, 0.05) is 11.3 Å². The summed E-state index contributed by atoms with van der Waals surface area (Å²) in [6.45, 7) is 6.28. The van der Waals surface area contributed by atoms with Crippen molar-refractivity contribution in [1.82, 2.24) is 4.98 Å². The second kappa shape index (κ2) is 4.58. The molecule has 0 aliphatic carbocycles. The molecule has 0 fully saturated rings. The SMILES string of the molecule is Cc1cccc(-c2cc(C(C)C)[nH]c2C=O)c1. The van der Waals surface area contributed by atoms with Gasteiger partial charge in [0.1, 0.15) is 0 Å². The molecule has 1 N–H and O–H groups in total. The van der Waals surface area contributed by atoms with Crippen LogP contribution in [0.5, 0.6) is 0 Å². The van der Waals surface area contributed by atoms with Gasteiger partial charge in [0.2, 0.25) is 0 Å². The van der Waals surface area contributed by atoms with E-state index >= 15 is 0 Å². The van der Waals surface area contributed by atoms with Crippen LogP contribution < -0.4 is 0 Å². The summed E-state index contributed by atoms with van der Waals surface area (Å²) in [4.78, 5) is 14.3. The molecule has 17 heavy (non-hydrogen) atoms. The summed E-state index contributed by atoms with van der Waals surface area (Å²) in [6, 6.07) is 10.3. The van der Waals surface area contributed by atoms with Crippen molar-refractivity contribution in [3.05, 3.63) is 47.3 Å². The van der Waals surface area contributed by atoms with Crippen LogP contribution in [0.15, 0.2) is 30.3 Å². The number of hydrogen-bond acceptors (Lipinski definition) is 1. The molecular weight excluding hydrogens is 210 g/mol. The normalized spacial score (nSPS) is 10.8.